The van der Waals surface area contributed by atoms with Crippen LogP contribution in [0.2, 0.25) is 5.02 Å². The first-order chi connectivity index (χ1) is 17.6. The molecule has 37 heavy (non-hydrogen) atoms. The Bertz CT molecular complexity index is 1360. The maximum atomic E-state index is 13.9. The molecule has 1 amide bonds. The standard InChI is InChI=1S/C25H25ClF3N5O3/c26-14-1-2-19-17(9-14)24(23(36)31-19)3-5-33(6-4-24)7-8-37-20-12-18(25(27,28)29)21-22(32-20)30-13-34(21)15-10-16(35)11-15/h1-2,9,12-13,15-16,35H,3-8,10-11H2,(H,31,36)/t15-,16+. The van der Waals surface area contributed by atoms with Crippen molar-refractivity contribution in [3.05, 3.63) is 46.7 Å². The monoisotopic (exact) mass is 535 g/mol. The summed E-state index contributed by atoms with van der Waals surface area (Å²) in [7, 11) is 0. The second kappa shape index (κ2) is 8.85. The Labute approximate surface area is 215 Å². The van der Waals surface area contributed by atoms with E-state index in [9.17, 15) is 23.1 Å². The number of benzene rings is 1. The lowest BCUT2D eigenvalue weighted by atomic mass is 9.73. The molecule has 2 fully saturated rings. The highest BCUT2D eigenvalue weighted by atomic mass is 35.5. The summed E-state index contributed by atoms with van der Waals surface area (Å²) in [6.07, 6.45) is -1.77. The number of carbonyl (C=O) groups excluding carboxylic acids is 1. The molecule has 2 aliphatic heterocycles. The lowest BCUT2D eigenvalue weighted by molar-refractivity contribution is -0.136. The molecule has 1 saturated carbocycles. The highest BCUT2D eigenvalue weighted by molar-refractivity contribution is 6.31. The van der Waals surface area contributed by atoms with E-state index >= 15 is 0 Å². The molecular weight excluding hydrogens is 511 g/mol. The summed E-state index contributed by atoms with van der Waals surface area (Å²) in [4.78, 5) is 23.2. The third-order valence-corrected chi connectivity index (χ3v) is 8.08. The number of alkyl halides is 3. The van der Waals surface area contributed by atoms with Crippen LogP contribution in [0, 0.1) is 0 Å². The van der Waals surface area contributed by atoms with E-state index in [2.05, 4.69) is 20.2 Å². The molecule has 4 heterocycles. The Kier molecular flexibility index (Phi) is 5.85. The highest BCUT2D eigenvalue weighted by Gasteiger charge is 2.48. The number of ether oxygens (including phenoxy) is 1. The van der Waals surface area contributed by atoms with Gasteiger partial charge < -0.3 is 19.7 Å². The van der Waals surface area contributed by atoms with Crippen molar-refractivity contribution in [3.63, 3.8) is 0 Å². The molecule has 3 aromatic rings. The van der Waals surface area contributed by atoms with Crippen LogP contribution in [0.15, 0.2) is 30.6 Å². The first-order valence-electron chi connectivity index (χ1n) is 12.2. The number of piperidine rings is 1. The Morgan fingerprint density at radius 2 is 1.97 bits per heavy atom. The number of hydrogen-bond donors (Lipinski definition) is 2. The van der Waals surface area contributed by atoms with Crippen molar-refractivity contribution in [2.75, 3.05) is 31.6 Å². The van der Waals surface area contributed by atoms with Gasteiger partial charge in [0, 0.05) is 29.4 Å². The first kappa shape index (κ1) is 24.4. The molecule has 0 atom stereocenters. The molecule has 0 radical (unpaired) electrons. The third kappa shape index (κ3) is 4.22. The molecule has 3 aliphatic rings. The van der Waals surface area contributed by atoms with Crippen LogP contribution in [0.4, 0.5) is 18.9 Å². The zero-order valence-corrected chi connectivity index (χ0v) is 20.5. The van der Waals surface area contributed by atoms with Crippen LogP contribution in [-0.2, 0) is 16.4 Å². The number of nitrogens with zero attached hydrogens (tertiary/aromatic N) is 4. The van der Waals surface area contributed by atoms with E-state index in [1.54, 1.807) is 6.07 Å². The number of rotatable bonds is 5. The third-order valence-electron chi connectivity index (χ3n) is 7.85. The fourth-order valence-electron chi connectivity index (χ4n) is 5.69. The zero-order valence-electron chi connectivity index (χ0n) is 19.8. The summed E-state index contributed by atoms with van der Waals surface area (Å²) in [5.41, 5.74) is 0.138. The van der Waals surface area contributed by atoms with Gasteiger partial charge >= 0.3 is 6.18 Å². The SMILES string of the molecule is O=C1Nc2ccc(Cl)cc2C12CCN(CCOc1cc(C(F)(F)F)c3c(ncn3[C@H]3C[C@@H](O)C3)n1)CC2. The highest BCUT2D eigenvalue weighted by Crippen LogP contribution is 2.46. The van der Waals surface area contributed by atoms with Crippen LogP contribution in [0.1, 0.15) is 42.9 Å². The van der Waals surface area contributed by atoms with Crippen molar-refractivity contribution in [3.8, 4) is 5.88 Å². The van der Waals surface area contributed by atoms with Gasteiger partial charge in [0.05, 0.1) is 23.4 Å². The molecule has 6 rings (SSSR count). The number of carbonyl (C=O) groups is 1. The van der Waals surface area contributed by atoms with Gasteiger partial charge in [-0.1, -0.05) is 11.6 Å². The van der Waals surface area contributed by atoms with Gasteiger partial charge in [0.25, 0.3) is 0 Å². The van der Waals surface area contributed by atoms with Crippen molar-refractivity contribution in [1.29, 1.82) is 0 Å². The van der Waals surface area contributed by atoms with E-state index in [1.165, 1.54) is 10.9 Å². The lowest BCUT2D eigenvalue weighted by Crippen LogP contribution is -2.47. The van der Waals surface area contributed by atoms with Gasteiger partial charge in [-0.25, -0.2) is 4.98 Å². The maximum absolute atomic E-state index is 13.9. The van der Waals surface area contributed by atoms with Crippen LogP contribution < -0.4 is 10.1 Å². The predicted molar refractivity (Wildman–Crippen MR) is 130 cm³/mol. The van der Waals surface area contributed by atoms with Crippen molar-refractivity contribution in [1.82, 2.24) is 19.4 Å². The molecule has 2 N–H and O–H groups in total. The number of fused-ring (bicyclic) bond motifs is 3. The Morgan fingerprint density at radius 3 is 2.68 bits per heavy atom. The number of nitrogens with one attached hydrogen (secondary N) is 1. The normalized spacial score (nSPS) is 23.2. The number of halogens is 4. The van der Waals surface area contributed by atoms with Gasteiger partial charge in [0.1, 0.15) is 12.1 Å². The average Bonchev–Trinajstić information content (AvgIpc) is 3.36. The lowest BCUT2D eigenvalue weighted by Gasteiger charge is -2.37. The van der Waals surface area contributed by atoms with Crippen LogP contribution in [0.25, 0.3) is 11.2 Å². The number of pyridine rings is 1. The summed E-state index contributed by atoms with van der Waals surface area (Å²) >= 11 is 6.18. The maximum Gasteiger partial charge on any atom is 0.418 e. The van der Waals surface area contributed by atoms with Gasteiger partial charge in [-0.3, -0.25) is 9.69 Å². The molecule has 1 aliphatic carbocycles. The van der Waals surface area contributed by atoms with E-state index in [0.717, 1.165) is 17.3 Å². The summed E-state index contributed by atoms with van der Waals surface area (Å²) in [5.74, 6) is -0.153. The minimum Gasteiger partial charge on any atom is -0.476 e. The number of imidazole rings is 1. The van der Waals surface area contributed by atoms with E-state index in [4.69, 9.17) is 16.3 Å². The molecule has 12 heteroatoms. The number of aliphatic hydroxyl groups is 1. The summed E-state index contributed by atoms with van der Waals surface area (Å²) < 4.78 is 48.8. The molecule has 0 unspecified atom stereocenters. The van der Waals surface area contributed by atoms with Gasteiger partial charge in [-0.05, 0) is 62.5 Å². The summed E-state index contributed by atoms with van der Waals surface area (Å²) in [6, 6.07) is 6.11. The average molecular weight is 536 g/mol. The molecular formula is C25H25ClF3N5O3. The molecule has 1 aromatic carbocycles. The topological polar surface area (TPSA) is 92.5 Å². The fraction of sp³-hybridized carbons (Fsp3) is 0.480. The molecule has 196 valence electrons. The van der Waals surface area contributed by atoms with Gasteiger partial charge in [0.15, 0.2) is 5.65 Å². The number of hydrogen-bond acceptors (Lipinski definition) is 6. The second-order valence-corrected chi connectivity index (χ2v) is 10.5. The van der Waals surface area contributed by atoms with Gasteiger partial charge in [-0.15, -0.1) is 0 Å². The molecule has 2 aromatic heterocycles. The van der Waals surface area contributed by atoms with Crippen molar-refractivity contribution < 1.29 is 27.8 Å². The number of amides is 1. The number of anilines is 1. The Hall–Kier alpha value is -2.89. The molecule has 0 bridgehead atoms. The fourth-order valence-corrected chi connectivity index (χ4v) is 5.87. The number of aliphatic hydroxyl groups excluding tert-OH is 1. The first-order valence-corrected chi connectivity index (χ1v) is 12.6. The van der Waals surface area contributed by atoms with Crippen LogP contribution in [0.3, 0.4) is 0 Å². The minimum atomic E-state index is -4.61. The quantitative estimate of drug-likeness (QED) is 0.510. The Balaban J connectivity index is 1.12. The molecule has 1 saturated heterocycles. The predicted octanol–water partition coefficient (Wildman–Crippen LogP) is 4.16. The summed E-state index contributed by atoms with van der Waals surface area (Å²) in [6.45, 7) is 1.91. The van der Waals surface area contributed by atoms with E-state index < -0.39 is 23.3 Å². The zero-order chi connectivity index (χ0) is 25.9. The minimum absolute atomic E-state index is 0.0197. The smallest absolute Gasteiger partial charge is 0.418 e. The van der Waals surface area contributed by atoms with E-state index in [-0.39, 0.29) is 35.6 Å². The summed E-state index contributed by atoms with van der Waals surface area (Å²) in [5, 5.41) is 13.1. The van der Waals surface area contributed by atoms with Crippen molar-refractivity contribution >= 4 is 34.4 Å². The van der Waals surface area contributed by atoms with Crippen LogP contribution in [-0.4, -0.2) is 62.8 Å². The van der Waals surface area contributed by atoms with Crippen molar-refractivity contribution in [2.45, 2.75) is 49.4 Å². The Morgan fingerprint density at radius 1 is 1.22 bits per heavy atom. The van der Waals surface area contributed by atoms with Gasteiger partial charge in [0.2, 0.25) is 11.8 Å². The molecule has 1 spiro atoms. The largest absolute Gasteiger partial charge is 0.476 e. The number of likely N-dealkylation sites (tertiary alicyclic amines) is 1. The van der Waals surface area contributed by atoms with Crippen LogP contribution in [0.5, 0.6) is 5.88 Å². The molecule has 8 nitrogen and oxygen atoms in total. The number of aromatic nitrogens is 3. The van der Waals surface area contributed by atoms with Gasteiger partial charge in [-0.2, -0.15) is 18.2 Å². The van der Waals surface area contributed by atoms with E-state index in [1.807, 2.05) is 12.1 Å². The van der Waals surface area contributed by atoms with Crippen molar-refractivity contribution in [2.24, 2.45) is 0 Å². The van der Waals surface area contributed by atoms with E-state index in [0.29, 0.717) is 50.3 Å². The second-order valence-electron chi connectivity index (χ2n) is 10.0. The van der Waals surface area contributed by atoms with Crippen LogP contribution >= 0.6 is 11.6 Å².